The summed E-state index contributed by atoms with van der Waals surface area (Å²) < 4.78 is 0. The molecule has 1 heterocycles. The maximum atomic E-state index is 6.38. The van der Waals surface area contributed by atoms with Crippen molar-refractivity contribution in [2.75, 3.05) is 5.75 Å². The van der Waals surface area contributed by atoms with Crippen molar-refractivity contribution in [3.8, 4) is 0 Å². The van der Waals surface area contributed by atoms with Crippen LogP contribution in [-0.4, -0.2) is 17.0 Å². The first-order valence-electron chi connectivity index (χ1n) is 6.60. The molecule has 0 aliphatic carbocycles. The van der Waals surface area contributed by atoms with Crippen LogP contribution in [-0.2, 0) is 6.42 Å². The third-order valence-electron chi connectivity index (χ3n) is 3.65. The molecule has 0 amide bonds. The van der Waals surface area contributed by atoms with Gasteiger partial charge in [-0.25, -0.2) is 0 Å². The fourth-order valence-electron chi connectivity index (χ4n) is 2.51. The fourth-order valence-corrected chi connectivity index (χ4v) is 3.86. The molecule has 1 aromatic rings. The third-order valence-corrected chi connectivity index (χ3v) is 5.19. The molecular weight excluding hydrogens is 226 g/mol. The second-order valence-corrected chi connectivity index (χ2v) is 6.55. The van der Waals surface area contributed by atoms with Crippen LogP contribution in [0, 0.1) is 13.8 Å². The summed E-state index contributed by atoms with van der Waals surface area (Å²) in [7, 11) is 0. The van der Waals surface area contributed by atoms with Crippen molar-refractivity contribution in [3.63, 3.8) is 0 Å². The fraction of sp³-hybridized carbons (Fsp3) is 0.600. The second-order valence-electron chi connectivity index (χ2n) is 5.20. The number of rotatable bonds is 3. The quantitative estimate of drug-likeness (QED) is 0.888. The summed E-state index contributed by atoms with van der Waals surface area (Å²) in [4.78, 5) is 0. The van der Waals surface area contributed by atoms with E-state index in [1.54, 1.807) is 0 Å². The zero-order valence-corrected chi connectivity index (χ0v) is 11.7. The molecule has 0 bridgehead atoms. The Morgan fingerprint density at radius 2 is 2.18 bits per heavy atom. The molecule has 0 aromatic heterocycles. The van der Waals surface area contributed by atoms with Crippen molar-refractivity contribution in [3.05, 3.63) is 34.9 Å². The van der Waals surface area contributed by atoms with Crippen molar-refractivity contribution in [2.45, 2.75) is 50.8 Å². The Morgan fingerprint density at radius 3 is 2.88 bits per heavy atom. The average Bonchev–Trinajstić information content (AvgIpc) is 2.35. The Balaban J connectivity index is 2.01. The summed E-state index contributed by atoms with van der Waals surface area (Å²) >= 11 is 2.08. The first-order valence-corrected chi connectivity index (χ1v) is 7.65. The molecule has 0 saturated carbocycles. The van der Waals surface area contributed by atoms with Crippen molar-refractivity contribution >= 4 is 11.8 Å². The average molecular weight is 249 g/mol. The number of benzene rings is 1. The van der Waals surface area contributed by atoms with Gasteiger partial charge in [-0.2, -0.15) is 11.8 Å². The van der Waals surface area contributed by atoms with Gasteiger partial charge in [-0.05, 0) is 50.0 Å². The monoisotopic (exact) mass is 249 g/mol. The van der Waals surface area contributed by atoms with Crippen LogP contribution < -0.4 is 5.73 Å². The molecule has 1 saturated heterocycles. The van der Waals surface area contributed by atoms with Crippen LogP contribution in [0.4, 0.5) is 0 Å². The van der Waals surface area contributed by atoms with Crippen LogP contribution in [0.5, 0.6) is 0 Å². The predicted molar refractivity (Wildman–Crippen MR) is 77.7 cm³/mol. The van der Waals surface area contributed by atoms with Gasteiger partial charge in [0.05, 0.1) is 0 Å². The number of nitrogens with two attached hydrogens (primary N) is 1. The summed E-state index contributed by atoms with van der Waals surface area (Å²) in [6.45, 7) is 4.35. The predicted octanol–water partition coefficient (Wildman–Crippen LogP) is 3.46. The van der Waals surface area contributed by atoms with Gasteiger partial charge in [0.25, 0.3) is 0 Å². The highest BCUT2D eigenvalue weighted by Gasteiger charge is 2.21. The van der Waals surface area contributed by atoms with Crippen molar-refractivity contribution < 1.29 is 0 Å². The van der Waals surface area contributed by atoms with Gasteiger partial charge < -0.3 is 5.73 Å². The molecule has 2 unspecified atom stereocenters. The van der Waals surface area contributed by atoms with Crippen LogP contribution in [0.15, 0.2) is 18.2 Å². The molecule has 2 rings (SSSR count). The molecule has 2 N–H and O–H groups in total. The summed E-state index contributed by atoms with van der Waals surface area (Å²) in [5.41, 5.74) is 10.5. The van der Waals surface area contributed by atoms with Gasteiger partial charge >= 0.3 is 0 Å². The van der Waals surface area contributed by atoms with E-state index in [0.29, 0.717) is 11.3 Å². The zero-order valence-electron chi connectivity index (χ0n) is 10.9. The summed E-state index contributed by atoms with van der Waals surface area (Å²) in [6, 6.07) is 7.01. The Kier molecular flexibility index (Phi) is 4.52. The van der Waals surface area contributed by atoms with Crippen LogP contribution in [0.1, 0.15) is 36.0 Å². The van der Waals surface area contributed by atoms with E-state index in [2.05, 4.69) is 43.8 Å². The van der Waals surface area contributed by atoms with Gasteiger partial charge in [0.2, 0.25) is 0 Å². The van der Waals surface area contributed by atoms with E-state index in [9.17, 15) is 0 Å². The molecule has 1 aliphatic rings. The summed E-state index contributed by atoms with van der Waals surface area (Å²) in [6.07, 6.45) is 5.07. The second kappa shape index (κ2) is 5.92. The smallest absolute Gasteiger partial charge is 0.0202 e. The standard InChI is InChI=1S/C15H23NS/c1-11-6-7-12(2)13(9-11)10-14(16)15-5-3-4-8-17-15/h6-7,9,14-15H,3-5,8,10,16H2,1-2H3. The molecule has 2 atom stereocenters. The lowest BCUT2D eigenvalue weighted by Gasteiger charge is -2.27. The van der Waals surface area contributed by atoms with Gasteiger partial charge in [-0.1, -0.05) is 30.2 Å². The van der Waals surface area contributed by atoms with Crippen molar-refractivity contribution in [1.29, 1.82) is 0 Å². The zero-order chi connectivity index (χ0) is 12.3. The highest BCUT2D eigenvalue weighted by molar-refractivity contribution is 8.00. The van der Waals surface area contributed by atoms with Crippen LogP contribution in [0.25, 0.3) is 0 Å². The molecule has 1 nitrogen and oxygen atoms in total. The Hall–Kier alpha value is -0.470. The van der Waals surface area contributed by atoms with Crippen LogP contribution in [0.2, 0.25) is 0 Å². The highest BCUT2D eigenvalue weighted by atomic mass is 32.2. The van der Waals surface area contributed by atoms with Gasteiger partial charge in [0, 0.05) is 11.3 Å². The van der Waals surface area contributed by atoms with Gasteiger partial charge in [-0.15, -0.1) is 0 Å². The van der Waals surface area contributed by atoms with E-state index in [0.717, 1.165) is 6.42 Å². The molecule has 17 heavy (non-hydrogen) atoms. The number of aryl methyl sites for hydroxylation is 2. The van der Waals surface area contributed by atoms with E-state index in [-0.39, 0.29) is 0 Å². The lowest BCUT2D eigenvalue weighted by molar-refractivity contribution is 0.558. The first-order chi connectivity index (χ1) is 8.16. The lowest BCUT2D eigenvalue weighted by Crippen LogP contribution is -2.36. The Morgan fingerprint density at radius 1 is 1.35 bits per heavy atom. The van der Waals surface area contributed by atoms with E-state index < -0.39 is 0 Å². The van der Waals surface area contributed by atoms with Crippen LogP contribution in [0.3, 0.4) is 0 Å². The molecule has 1 aromatic carbocycles. The molecular formula is C15H23NS. The molecule has 0 spiro atoms. The van der Waals surface area contributed by atoms with Crippen LogP contribution >= 0.6 is 11.8 Å². The minimum Gasteiger partial charge on any atom is -0.326 e. The lowest BCUT2D eigenvalue weighted by atomic mass is 9.96. The van der Waals surface area contributed by atoms with E-state index in [4.69, 9.17) is 5.73 Å². The number of hydrogen-bond acceptors (Lipinski definition) is 2. The minimum atomic E-state index is 0.320. The summed E-state index contributed by atoms with van der Waals surface area (Å²) in [5.74, 6) is 1.30. The molecule has 1 aliphatic heterocycles. The maximum absolute atomic E-state index is 6.38. The topological polar surface area (TPSA) is 26.0 Å². The molecule has 1 fully saturated rings. The van der Waals surface area contributed by atoms with E-state index in [1.807, 2.05) is 0 Å². The SMILES string of the molecule is Cc1ccc(C)c(CC(N)C2CCCCS2)c1. The number of hydrogen-bond donors (Lipinski definition) is 1. The molecule has 94 valence electrons. The molecule has 2 heteroatoms. The third kappa shape index (κ3) is 3.49. The van der Waals surface area contributed by atoms with Gasteiger partial charge in [0.15, 0.2) is 0 Å². The van der Waals surface area contributed by atoms with Gasteiger partial charge in [-0.3, -0.25) is 0 Å². The largest absolute Gasteiger partial charge is 0.326 e. The van der Waals surface area contributed by atoms with E-state index >= 15 is 0 Å². The highest BCUT2D eigenvalue weighted by Crippen LogP contribution is 2.28. The number of thioether (sulfide) groups is 1. The maximum Gasteiger partial charge on any atom is 0.0202 e. The Labute approximate surface area is 109 Å². The first kappa shape index (κ1) is 13.0. The Bertz CT molecular complexity index is 369. The van der Waals surface area contributed by atoms with Gasteiger partial charge in [0.1, 0.15) is 0 Å². The minimum absolute atomic E-state index is 0.320. The van der Waals surface area contributed by atoms with Crippen molar-refractivity contribution in [2.24, 2.45) is 5.73 Å². The normalized spacial score (nSPS) is 22.4. The van der Waals surface area contributed by atoms with E-state index in [1.165, 1.54) is 41.7 Å². The van der Waals surface area contributed by atoms with Crippen molar-refractivity contribution in [1.82, 2.24) is 0 Å². The molecule has 0 radical (unpaired) electrons. The summed E-state index contributed by atoms with van der Waals surface area (Å²) in [5, 5.41) is 0.670.